The maximum absolute atomic E-state index is 11.7. The Hall–Kier alpha value is -2.41. The van der Waals surface area contributed by atoms with E-state index in [0.717, 1.165) is 74.3 Å². The van der Waals surface area contributed by atoms with Crippen LogP contribution in [0.15, 0.2) is 24.7 Å². The molecule has 0 bridgehead atoms. The highest BCUT2D eigenvalue weighted by atomic mass is 16.5. The quantitative estimate of drug-likeness (QED) is 0.690. The number of hydrogen-bond donors (Lipinski definition) is 0. The zero-order valence-electron chi connectivity index (χ0n) is 17.0. The van der Waals surface area contributed by atoms with Crippen molar-refractivity contribution in [2.75, 3.05) is 37.8 Å². The first-order valence-corrected chi connectivity index (χ1v) is 10.6. The summed E-state index contributed by atoms with van der Waals surface area (Å²) in [6.45, 7) is 5.52. The molecule has 0 amide bonds. The lowest BCUT2D eigenvalue weighted by Crippen LogP contribution is -2.36. The molecule has 0 unspecified atom stereocenters. The summed E-state index contributed by atoms with van der Waals surface area (Å²) >= 11 is 0. The van der Waals surface area contributed by atoms with Gasteiger partial charge in [-0.1, -0.05) is 0 Å². The third-order valence-corrected chi connectivity index (χ3v) is 5.80. The number of fused-ring (bicyclic) bond motifs is 1. The molecule has 4 rings (SSSR count). The average molecular weight is 399 g/mol. The number of rotatable bonds is 6. The molecule has 0 radical (unpaired) electrons. The van der Waals surface area contributed by atoms with Crippen LogP contribution in [0.2, 0.25) is 0 Å². The summed E-state index contributed by atoms with van der Waals surface area (Å²) in [5.74, 6) is 1.16. The van der Waals surface area contributed by atoms with Crippen molar-refractivity contribution in [3.63, 3.8) is 0 Å². The van der Waals surface area contributed by atoms with E-state index in [1.54, 1.807) is 6.33 Å². The van der Waals surface area contributed by atoms with E-state index in [-0.39, 0.29) is 12.1 Å². The molecule has 1 saturated heterocycles. The molecule has 1 aromatic heterocycles. The van der Waals surface area contributed by atoms with Crippen LogP contribution in [0.5, 0.6) is 5.75 Å². The third-order valence-electron chi connectivity index (χ3n) is 5.80. The largest absolute Gasteiger partial charge is 0.490 e. The first-order chi connectivity index (χ1) is 14.2. The molecule has 7 nitrogen and oxygen atoms in total. The standard InChI is InChI=1S/C22H29N3O4/c1-2-28-22(26)11-16-3-5-18(6-4-16)29-21-13-17(25-7-9-27-10-8-25)12-20-19(21)14-23-15-24-20/h12-16,18H,2-11H2,1H3. The molecular formula is C22H29N3O4. The minimum absolute atomic E-state index is 0.0850. The Kier molecular flexibility index (Phi) is 6.44. The zero-order valence-corrected chi connectivity index (χ0v) is 17.0. The Morgan fingerprint density at radius 2 is 2.00 bits per heavy atom. The molecular weight excluding hydrogens is 370 g/mol. The van der Waals surface area contributed by atoms with Crippen molar-refractivity contribution in [3.8, 4) is 5.75 Å². The number of nitrogens with zero attached hydrogens (tertiary/aromatic N) is 3. The Labute approximate surface area is 171 Å². The van der Waals surface area contributed by atoms with Crippen LogP contribution in [-0.2, 0) is 14.3 Å². The summed E-state index contributed by atoms with van der Waals surface area (Å²) in [7, 11) is 0. The highest BCUT2D eigenvalue weighted by Gasteiger charge is 2.25. The van der Waals surface area contributed by atoms with Gasteiger partial charge in [-0.2, -0.15) is 0 Å². The van der Waals surface area contributed by atoms with Crippen molar-refractivity contribution in [1.29, 1.82) is 0 Å². The van der Waals surface area contributed by atoms with Gasteiger partial charge in [0.15, 0.2) is 0 Å². The maximum atomic E-state index is 11.7. The third kappa shape index (κ3) is 4.96. The number of carbonyl (C=O) groups is 1. The number of benzene rings is 1. The van der Waals surface area contributed by atoms with E-state index in [0.29, 0.717) is 18.9 Å². The van der Waals surface area contributed by atoms with E-state index in [1.165, 1.54) is 0 Å². The van der Waals surface area contributed by atoms with Crippen LogP contribution in [0.3, 0.4) is 0 Å². The van der Waals surface area contributed by atoms with E-state index >= 15 is 0 Å². The molecule has 156 valence electrons. The summed E-state index contributed by atoms with van der Waals surface area (Å²) in [6.07, 6.45) is 7.94. The van der Waals surface area contributed by atoms with Gasteiger partial charge in [-0.3, -0.25) is 4.79 Å². The van der Waals surface area contributed by atoms with Crippen molar-refractivity contribution in [2.45, 2.75) is 45.1 Å². The number of anilines is 1. The molecule has 29 heavy (non-hydrogen) atoms. The SMILES string of the molecule is CCOC(=O)CC1CCC(Oc2cc(N3CCOCC3)cc3ncncc23)CC1. The molecule has 2 aromatic rings. The number of morpholine rings is 1. The van der Waals surface area contributed by atoms with Gasteiger partial charge in [0.1, 0.15) is 12.1 Å². The van der Waals surface area contributed by atoms with Crippen LogP contribution in [0.1, 0.15) is 39.0 Å². The van der Waals surface area contributed by atoms with Crippen LogP contribution in [0, 0.1) is 5.92 Å². The fourth-order valence-corrected chi connectivity index (χ4v) is 4.23. The molecule has 0 atom stereocenters. The fourth-order valence-electron chi connectivity index (χ4n) is 4.23. The number of aromatic nitrogens is 2. The molecule has 2 fully saturated rings. The second-order valence-electron chi connectivity index (χ2n) is 7.77. The van der Waals surface area contributed by atoms with Gasteiger partial charge in [-0.25, -0.2) is 9.97 Å². The van der Waals surface area contributed by atoms with E-state index in [2.05, 4.69) is 27.0 Å². The first kappa shape index (κ1) is 19.9. The molecule has 2 aliphatic rings. The Bertz CT molecular complexity index is 830. The van der Waals surface area contributed by atoms with Crippen molar-refractivity contribution in [1.82, 2.24) is 9.97 Å². The van der Waals surface area contributed by atoms with Crippen molar-refractivity contribution in [2.24, 2.45) is 5.92 Å². The number of esters is 1. The van der Waals surface area contributed by atoms with Crippen LogP contribution in [-0.4, -0.2) is 55.0 Å². The summed E-state index contributed by atoms with van der Waals surface area (Å²) < 4.78 is 17.0. The smallest absolute Gasteiger partial charge is 0.306 e. The minimum atomic E-state index is -0.0850. The Morgan fingerprint density at radius 3 is 2.76 bits per heavy atom. The van der Waals surface area contributed by atoms with Crippen molar-refractivity contribution >= 4 is 22.6 Å². The molecule has 2 heterocycles. The zero-order chi connectivity index (χ0) is 20.1. The van der Waals surface area contributed by atoms with Crippen LogP contribution in [0.25, 0.3) is 10.9 Å². The van der Waals surface area contributed by atoms with Crippen LogP contribution in [0.4, 0.5) is 5.69 Å². The molecule has 1 aliphatic heterocycles. The van der Waals surface area contributed by atoms with Gasteiger partial charge >= 0.3 is 5.97 Å². The molecule has 0 N–H and O–H groups in total. The van der Waals surface area contributed by atoms with Gasteiger partial charge in [-0.05, 0) is 44.6 Å². The number of carbonyl (C=O) groups excluding carboxylic acids is 1. The lowest BCUT2D eigenvalue weighted by Gasteiger charge is -2.31. The first-order valence-electron chi connectivity index (χ1n) is 10.6. The van der Waals surface area contributed by atoms with Crippen LogP contribution >= 0.6 is 0 Å². The minimum Gasteiger partial charge on any atom is -0.490 e. The predicted molar refractivity (Wildman–Crippen MR) is 110 cm³/mol. The number of ether oxygens (including phenoxy) is 3. The second kappa shape index (κ2) is 9.39. The lowest BCUT2D eigenvalue weighted by atomic mass is 9.85. The predicted octanol–water partition coefficient (Wildman–Crippen LogP) is 3.36. The molecule has 1 aliphatic carbocycles. The van der Waals surface area contributed by atoms with Gasteiger partial charge in [0.25, 0.3) is 0 Å². The summed E-state index contributed by atoms with van der Waals surface area (Å²) in [4.78, 5) is 22.7. The van der Waals surface area contributed by atoms with Crippen molar-refractivity contribution in [3.05, 3.63) is 24.7 Å². The van der Waals surface area contributed by atoms with Gasteiger partial charge in [0.2, 0.25) is 0 Å². The van der Waals surface area contributed by atoms with Gasteiger partial charge in [0.05, 0.1) is 36.8 Å². The van der Waals surface area contributed by atoms with E-state index < -0.39 is 0 Å². The van der Waals surface area contributed by atoms with Crippen molar-refractivity contribution < 1.29 is 19.0 Å². The van der Waals surface area contributed by atoms with E-state index in [4.69, 9.17) is 14.2 Å². The average Bonchev–Trinajstić information content (AvgIpc) is 2.76. The lowest BCUT2D eigenvalue weighted by molar-refractivity contribution is -0.144. The molecule has 1 saturated carbocycles. The molecule has 7 heteroatoms. The Morgan fingerprint density at radius 1 is 1.21 bits per heavy atom. The monoisotopic (exact) mass is 399 g/mol. The highest BCUT2D eigenvalue weighted by molar-refractivity contribution is 5.88. The normalized spacial score (nSPS) is 22.4. The topological polar surface area (TPSA) is 73.8 Å². The summed E-state index contributed by atoms with van der Waals surface area (Å²) in [5.41, 5.74) is 2.01. The van der Waals surface area contributed by atoms with Gasteiger partial charge in [0, 0.05) is 37.5 Å². The van der Waals surface area contributed by atoms with Gasteiger partial charge in [-0.15, -0.1) is 0 Å². The Balaban J connectivity index is 1.45. The number of hydrogen-bond acceptors (Lipinski definition) is 7. The maximum Gasteiger partial charge on any atom is 0.306 e. The van der Waals surface area contributed by atoms with E-state index in [1.807, 2.05) is 13.1 Å². The highest BCUT2D eigenvalue weighted by Crippen LogP contribution is 2.35. The molecule has 1 aromatic carbocycles. The second-order valence-corrected chi connectivity index (χ2v) is 7.77. The van der Waals surface area contributed by atoms with Gasteiger partial charge < -0.3 is 19.1 Å². The molecule has 0 spiro atoms. The summed E-state index contributed by atoms with van der Waals surface area (Å²) in [5, 5.41) is 0.943. The fraction of sp³-hybridized carbons (Fsp3) is 0.591. The summed E-state index contributed by atoms with van der Waals surface area (Å²) in [6, 6.07) is 4.22. The van der Waals surface area contributed by atoms with E-state index in [9.17, 15) is 4.79 Å². The van der Waals surface area contributed by atoms with Crippen LogP contribution < -0.4 is 9.64 Å².